The molecule has 4 aromatic rings. The van der Waals surface area contributed by atoms with E-state index < -0.39 is 34.4 Å². The number of hydrogen-bond donors (Lipinski definition) is 1. The van der Waals surface area contributed by atoms with Crippen molar-refractivity contribution in [1.29, 1.82) is 0 Å². The first kappa shape index (κ1) is 31.9. The maximum atomic E-state index is 14.3. The van der Waals surface area contributed by atoms with Crippen LogP contribution in [0.4, 0.5) is 5.69 Å². The molecule has 0 aliphatic carbocycles. The minimum Gasteiger partial charge on any atom is -0.497 e. The van der Waals surface area contributed by atoms with Crippen molar-refractivity contribution in [2.45, 2.75) is 23.9 Å². The molecule has 0 fully saturated rings. The minimum atomic E-state index is -4.23. The summed E-state index contributed by atoms with van der Waals surface area (Å²) in [5, 5.41) is 3.27. The van der Waals surface area contributed by atoms with Crippen LogP contribution in [0, 0.1) is 0 Å². The number of carbonyl (C=O) groups is 2. The number of benzene rings is 4. The van der Waals surface area contributed by atoms with E-state index in [1.807, 2.05) is 30.3 Å². The van der Waals surface area contributed by atoms with Gasteiger partial charge in [0.2, 0.25) is 11.8 Å². The number of carbonyl (C=O) groups excluding carboxylic acids is 2. The van der Waals surface area contributed by atoms with Gasteiger partial charge in [0.15, 0.2) is 0 Å². The molecule has 0 saturated carbocycles. The highest BCUT2D eigenvalue weighted by atomic mass is 35.5. The molecule has 0 radical (unpaired) electrons. The van der Waals surface area contributed by atoms with Crippen molar-refractivity contribution in [3.05, 3.63) is 124 Å². The first-order valence-electron chi connectivity index (χ1n) is 13.4. The number of amides is 2. The molecule has 8 nitrogen and oxygen atoms in total. The van der Waals surface area contributed by atoms with E-state index in [1.165, 1.54) is 43.3 Å². The van der Waals surface area contributed by atoms with Gasteiger partial charge in [0.25, 0.3) is 10.0 Å². The van der Waals surface area contributed by atoms with Crippen LogP contribution >= 0.6 is 23.2 Å². The summed E-state index contributed by atoms with van der Waals surface area (Å²) in [7, 11) is -1.26. The third kappa shape index (κ3) is 7.67. The second-order valence-electron chi connectivity index (χ2n) is 9.56. The lowest BCUT2D eigenvalue weighted by Gasteiger charge is -2.34. The lowest BCUT2D eigenvalue weighted by Crippen LogP contribution is -2.53. The standard InChI is InChI=1S/C32H31Cl2N3O5S/c1-35-32(39)30(20-23-10-5-3-6-11-23)36(21-27-28(33)14-9-15-29(27)34)31(38)22-37(24-12-7-4-8-13-24)43(40,41)26-18-16-25(42-2)17-19-26/h3-19,30H,20-22H2,1-2H3,(H,35,39)/t30-/m1/s1. The van der Waals surface area contributed by atoms with E-state index in [9.17, 15) is 18.0 Å². The van der Waals surface area contributed by atoms with Crippen molar-refractivity contribution in [3.63, 3.8) is 0 Å². The van der Waals surface area contributed by atoms with E-state index in [0.717, 1.165) is 9.87 Å². The van der Waals surface area contributed by atoms with E-state index in [0.29, 0.717) is 21.4 Å². The zero-order valence-corrected chi connectivity index (χ0v) is 25.9. The van der Waals surface area contributed by atoms with Gasteiger partial charge in [0, 0.05) is 35.6 Å². The second kappa shape index (κ2) is 14.4. The highest BCUT2D eigenvalue weighted by molar-refractivity contribution is 7.92. The molecule has 1 N–H and O–H groups in total. The molecule has 0 aliphatic rings. The summed E-state index contributed by atoms with van der Waals surface area (Å²) in [5.41, 5.74) is 1.53. The molecule has 0 saturated heterocycles. The van der Waals surface area contributed by atoms with Crippen molar-refractivity contribution in [1.82, 2.24) is 10.2 Å². The zero-order valence-electron chi connectivity index (χ0n) is 23.6. The molecule has 2 amide bonds. The molecule has 0 spiro atoms. The van der Waals surface area contributed by atoms with Crippen LogP contribution in [-0.4, -0.2) is 51.9 Å². The monoisotopic (exact) mass is 639 g/mol. The Morgan fingerprint density at radius 2 is 1.42 bits per heavy atom. The Kier molecular flexibility index (Phi) is 10.7. The lowest BCUT2D eigenvalue weighted by atomic mass is 10.0. The Morgan fingerprint density at radius 3 is 1.98 bits per heavy atom. The van der Waals surface area contributed by atoms with Gasteiger partial charge in [0.1, 0.15) is 18.3 Å². The van der Waals surface area contributed by atoms with E-state index in [2.05, 4.69) is 5.32 Å². The fraction of sp³-hybridized carbons (Fsp3) is 0.188. The maximum Gasteiger partial charge on any atom is 0.264 e. The molecule has 11 heteroatoms. The van der Waals surface area contributed by atoms with Gasteiger partial charge in [-0.1, -0.05) is 77.8 Å². The zero-order chi connectivity index (χ0) is 31.0. The molecule has 224 valence electrons. The number of sulfonamides is 1. The van der Waals surface area contributed by atoms with Gasteiger partial charge in [-0.15, -0.1) is 0 Å². The molecule has 0 heterocycles. The number of para-hydroxylation sites is 1. The number of rotatable bonds is 12. The largest absolute Gasteiger partial charge is 0.497 e. The summed E-state index contributed by atoms with van der Waals surface area (Å²) in [6.45, 7) is -0.726. The third-order valence-electron chi connectivity index (χ3n) is 6.88. The maximum absolute atomic E-state index is 14.3. The Labute approximate surface area is 261 Å². The number of nitrogens with zero attached hydrogens (tertiary/aromatic N) is 2. The van der Waals surface area contributed by atoms with Gasteiger partial charge in [-0.05, 0) is 54.1 Å². The number of hydrogen-bond acceptors (Lipinski definition) is 5. The average Bonchev–Trinajstić information content (AvgIpc) is 3.03. The van der Waals surface area contributed by atoms with Crippen molar-refractivity contribution in [2.75, 3.05) is 25.0 Å². The lowest BCUT2D eigenvalue weighted by molar-refractivity contribution is -0.139. The predicted octanol–water partition coefficient (Wildman–Crippen LogP) is 5.58. The fourth-order valence-electron chi connectivity index (χ4n) is 4.57. The molecule has 0 aromatic heterocycles. The molecule has 1 atom stereocenters. The molecular weight excluding hydrogens is 609 g/mol. The van der Waals surface area contributed by atoms with Crippen molar-refractivity contribution in [3.8, 4) is 5.75 Å². The molecule has 43 heavy (non-hydrogen) atoms. The normalized spacial score (nSPS) is 11.8. The summed E-state index contributed by atoms with van der Waals surface area (Å²) in [6, 6.07) is 27.4. The smallest absolute Gasteiger partial charge is 0.264 e. The molecule has 0 unspecified atom stereocenters. The third-order valence-corrected chi connectivity index (χ3v) is 9.37. The Morgan fingerprint density at radius 1 is 0.837 bits per heavy atom. The van der Waals surface area contributed by atoms with Gasteiger partial charge < -0.3 is 15.0 Å². The molecule has 4 aromatic carbocycles. The van der Waals surface area contributed by atoms with Crippen LogP contribution in [0.1, 0.15) is 11.1 Å². The van der Waals surface area contributed by atoms with Gasteiger partial charge in [-0.2, -0.15) is 0 Å². The summed E-state index contributed by atoms with van der Waals surface area (Å²) in [5.74, 6) is -0.565. The number of nitrogens with one attached hydrogen (secondary N) is 1. The van der Waals surface area contributed by atoms with E-state index in [4.69, 9.17) is 27.9 Å². The van der Waals surface area contributed by atoms with Gasteiger partial charge in [-0.25, -0.2) is 8.42 Å². The van der Waals surface area contributed by atoms with Crippen LogP contribution in [0.2, 0.25) is 10.0 Å². The summed E-state index contributed by atoms with van der Waals surface area (Å²) >= 11 is 13.0. The Balaban J connectivity index is 1.80. The second-order valence-corrected chi connectivity index (χ2v) is 12.2. The van der Waals surface area contributed by atoms with Crippen LogP contribution < -0.4 is 14.4 Å². The van der Waals surface area contributed by atoms with Gasteiger partial charge in [-0.3, -0.25) is 13.9 Å². The molecule has 0 bridgehead atoms. The highest BCUT2D eigenvalue weighted by Gasteiger charge is 2.35. The average molecular weight is 641 g/mol. The molecular formula is C32H31Cl2N3O5S. The number of ether oxygens (including phenoxy) is 1. The van der Waals surface area contributed by atoms with Crippen LogP contribution in [0.3, 0.4) is 0 Å². The van der Waals surface area contributed by atoms with Crippen LogP contribution in [-0.2, 0) is 32.6 Å². The minimum absolute atomic E-state index is 0.0298. The summed E-state index contributed by atoms with van der Waals surface area (Å²) in [6.07, 6.45) is 0.172. The topological polar surface area (TPSA) is 96.0 Å². The van der Waals surface area contributed by atoms with Crippen LogP contribution in [0.15, 0.2) is 108 Å². The number of methoxy groups -OCH3 is 1. The Bertz CT molecular complexity index is 1630. The molecule has 4 rings (SSSR count). The Hall–Kier alpha value is -4.05. The highest BCUT2D eigenvalue weighted by Crippen LogP contribution is 2.29. The van der Waals surface area contributed by atoms with Crippen molar-refractivity contribution in [2.24, 2.45) is 0 Å². The van der Waals surface area contributed by atoms with E-state index in [1.54, 1.807) is 48.5 Å². The van der Waals surface area contributed by atoms with Gasteiger partial charge >= 0.3 is 0 Å². The van der Waals surface area contributed by atoms with E-state index in [-0.39, 0.29) is 23.5 Å². The molecule has 0 aliphatic heterocycles. The fourth-order valence-corrected chi connectivity index (χ4v) is 6.50. The SMILES string of the molecule is CNC(=O)[C@@H](Cc1ccccc1)N(Cc1c(Cl)cccc1Cl)C(=O)CN(c1ccccc1)S(=O)(=O)c1ccc(OC)cc1. The summed E-state index contributed by atoms with van der Waals surface area (Å²) in [4.78, 5) is 29.0. The van der Waals surface area contributed by atoms with E-state index >= 15 is 0 Å². The number of halogens is 2. The van der Waals surface area contributed by atoms with Crippen molar-refractivity contribution < 1.29 is 22.7 Å². The summed E-state index contributed by atoms with van der Waals surface area (Å²) < 4.78 is 34.2. The first-order valence-corrected chi connectivity index (χ1v) is 15.5. The quantitative estimate of drug-likeness (QED) is 0.218. The van der Waals surface area contributed by atoms with Gasteiger partial charge in [0.05, 0.1) is 17.7 Å². The number of anilines is 1. The van der Waals surface area contributed by atoms with Crippen molar-refractivity contribution >= 4 is 50.7 Å². The van der Waals surface area contributed by atoms with Crippen LogP contribution in [0.25, 0.3) is 0 Å². The number of likely N-dealkylation sites (N-methyl/N-ethyl adjacent to an activating group) is 1. The van der Waals surface area contributed by atoms with Crippen LogP contribution in [0.5, 0.6) is 5.75 Å². The predicted molar refractivity (Wildman–Crippen MR) is 169 cm³/mol. The first-order chi connectivity index (χ1) is 20.6.